The lowest BCUT2D eigenvalue weighted by atomic mass is 10.0. The van der Waals surface area contributed by atoms with Gasteiger partial charge in [0.15, 0.2) is 0 Å². The van der Waals surface area contributed by atoms with Gasteiger partial charge in [-0.3, -0.25) is 9.89 Å². The number of H-pyrrole nitrogens is 1. The molecule has 2 aromatic carbocycles. The van der Waals surface area contributed by atoms with Crippen molar-refractivity contribution < 1.29 is 9.18 Å². The van der Waals surface area contributed by atoms with Crippen LogP contribution in [0, 0.1) is 5.82 Å². The topological polar surface area (TPSA) is 57.8 Å². The Morgan fingerprint density at radius 1 is 1.24 bits per heavy atom. The summed E-state index contributed by atoms with van der Waals surface area (Å²) in [5, 5.41) is 10.5. The SMILES string of the molecule is CCc1cn[nH]c1NC(=O)c1ccc(F)c2ccccc12. The van der Waals surface area contributed by atoms with Gasteiger partial charge in [-0.15, -0.1) is 0 Å². The van der Waals surface area contributed by atoms with E-state index in [-0.39, 0.29) is 11.7 Å². The molecule has 0 aliphatic carbocycles. The number of carbonyl (C=O) groups is 1. The van der Waals surface area contributed by atoms with Crippen LogP contribution in [0.25, 0.3) is 10.8 Å². The number of aryl methyl sites for hydroxylation is 1. The zero-order valence-electron chi connectivity index (χ0n) is 11.5. The van der Waals surface area contributed by atoms with E-state index in [1.807, 2.05) is 6.92 Å². The van der Waals surface area contributed by atoms with Crippen LogP contribution in [0.5, 0.6) is 0 Å². The number of rotatable bonds is 3. The van der Waals surface area contributed by atoms with Crippen LogP contribution in [0.4, 0.5) is 10.2 Å². The Kier molecular flexibility index (Phi) is 3.39. The molecule has 5 heteroatoms. The first-order valence-electron chi connectivity index (χ1n) is 6.71. The third-order valence-electron chi connectivity index (χ3n) is 3.45. The predicted octanol–water partition coefficient (Wildman–Crippen LogP) is 3.52. The number of aromatic amines is 1. The first-order valence-corrected chi connectivity index (χ1v) is 6.71. The number of benzene rings is 2. The van der Waals surface area contributed by atoms with Gasteiger partial charge in [0.2, 0.25) is 0 Å². The molecule has 0 saturated heterocycles. The second-order valence-corrected chi connectivity index (χ2v) is 4.72. The molecule has 106 valence electrons. The van der Waals surface area contributed by atoms with Crippen LogP contribution < -0.4 is 5.32 Å². The van der Waals surface area contributed by atoms with Crippen molar-refractivity contribution in [3.05, 3.63) is 59.5 Å². The quantitative estimate of drug-likeness (QED) is 0.772. The molecule has 1 amide bonds. The fourth-order valence-electron chi connectivity index (χ4n) is 2.33. The second kappa shape index (κ2) is 5.36. The number of aromatic nitrogens is 2. The van der Waals surface area contributed by atoms with Crippen LogP contribution in [0.15, 0.2) is 42.6 Å². The third-order valence-corrected chi connectivity index (χ3v) is 3.45. The summed E-state index contributed by atoms with van der Waals surface area (Å²) < 4.78 is 13.8. The number of hydrogen-bond donors (Lipinski definition) is 2. The van der Waals surface area contributed by atoms with E-state index >= 15 is 0 Å². The number of carbonyl (C=O) groups excluding carboxylic acids is 1. The van der Waals surface area contributed by atoms with E-state index in [9.17, 15) is 9.18 Å². The van der Waals surface area contributed by atoms with Gasteiger partial charge in [0.25, 0.3) is 5.91 Å². The van der Waals surface area contributed by atoms with Gasteiger partial charge in [-0.25, -0.2) is 4.39 Å². The number of fused-ring (bicyclic) bond motifs is 1. The van der Waals surface area contributed by atoms with Crippen molar-refractivity contribution in [2.75, 3.05) is 5.32 Å². The maximum atomic E-state index is 13.8. The van der Waals surface area contributed by atoms with Crippen molar-refractivity contribution in [3.63, 3.8) is 0 Å². The van der Waals surface area contributed by atoms with E-state index in [0.29, 0.717) is 22.2 Å². The monoisotopic (exact) mass is 283 g/mol. The molecule has 0 spiro atoms. The summed E-state index contributed by atoms with van der Waals surface area (Å²) in [4.78, 5) is 12.4. The summed E-state index contributed by atoms with van der Waals surface area (Å²) in [5.41, 5.74) is 1.36. The summed E-state index contributed by atoms with van der Waals surface area (Å²) in [6.45, 7) is 1.98. The van der Waals surface area contributed by atoms with Crippen LogP contribution >= 0.6 is 0 Å². The fourth-order valence-corrected chi connectivity index (χ4v) is 2.33. The zero-order chi connectivity index (χ0) is 14.8. The van der Waals surface area contributed by atoms with E-state index in [4.69, 9.17) is 0 Å². The predicted molar refractivity (Wildman–Crippen MR) is 79.8 cm³/mol. The Labute approximate surface area is 121 Å². The van der Waals surface area contributed by atoms with Crippen LogP contribution in [-0.2, 0) is 6.42 Å². The summed E-state index contributed by atoms with van der Waals surface area (Å²) in [6.07, 6.45) is 2.44. The summed E-state index contributed by atoms with van der Waals surface area (Å²) in [6, 6.07) is 9.74. The highest BCUT2D eigenvalue weighted by molar-refractivity contribution is 6.12. The number of nitrogens with zero attached hydrogens (tertiary/aromatic N) is 1. The molecular weight excluding hydrogens is 269 g/mol. The molecule has 2 N–H and O–H groups in total. The van der Waals surface area contributed by atoms with E-state index in [2.05, 4.69) is 15.5 Å². The minimum atomic E-state index is -0.335. The smallest absolute Gasteiger partial charge is 0.257 e. The number of anilines is 1. The van der Waals surface area contributed by atoms with Crippen LogP contribution in [0.2, 0.25) is 0 Å². The van der Waals surface area contributed by atoms with Crippen molar-refractivity contribution >= 4 is 22.5 Å². The Bertz CT molecular complexity index is 810. The lowest BCUT2D eigenvalue weighted by molar-refractivity contribution is 0.102. The van der Waals surface area contributed by atoms with E-state index < -0.39 is 0 Å². The first kappa shape index (κ1) is 13.3. The highest BCUT2D eigenvalue weighted by atomic mass is 19.1. The largest absolute Gasteiger partial charge is 0.307 e. The molecule has 1 aromatic heterocycles. The van der Waals surface area contributed by atoms with Gasteiger partial charge in [-0.05, 0) is 23.9 Å². The molecule has 0 atom stereocenters. The first-order chi connectivity index (χ1) is 10.2. The average molecular weight is 283 g/mol. The highest BCUT2D eigenvalue weighted by Crippen LogP contribution is 2.23. The van der Waals surface area contributed by atoms with Gasteiger partial charge < -0.3 is 5.32 Å². The molecule has 0 radical (unpaired) electrons. The summed E-state index contributed by atoms with van der Waals surface area (Å²) in [7, 11) is 0. The van der Waals surface area contributed by atoms with Gasteiger partial charge in [-0.2, -0.15) is 5.10 Å². The minimum absolute atomic E-state index is 0.287. The molecule has 0 bridgehead atoms. The second-order valence-electron chi connectivity index (χ2n) is 4.72. The summed E-state index contributed by atoms with van der Waals surface area (Å²) >= 11 is 0. The van der Waals surface area contributed by atoms with Crippen LogP contribution in [0.1, 0.15) is 22.8 Å². The molecule has 0 saturated carbocycles. The van der Waals surface area contributed by atoms with E-state index in [1.165, 1.54) is 12.1 Å². The average Bonchev–Trinajstić information content (AvgIpc) is 2.95. The molecule has 21 heavy (non-hydrogen) atoms. The lowest BCUT2D eigenvalue weighted by Gasteiger charge is -2.08. The van der Waals surface area contributed by atoms with Crippen molar-refractivity contribution in [1.82, 2.24) is 10.2 Å². The van der Waals surface area contributed by atoms with Crippen LogP contribution in [-0.4, -0.2) is 16.1 Å². The minimum Gasteiger partial charge on any atom is -0.307 e. The zero-order valence-corrected chi connectivity index (χ0v) is 11.5. The Hall–Kier alpha value is -2.69. The number of hydrogen-bond acceptors (Lipinski definition) is 2. The number of amides is 1. The van der Waals surface area contributed by atoms with Crippen molar-refractivity contribution in [2.45, 2.75) is 13.3 Å². The van der Waals surface area contributed by atoms with Gasteiger partial charge in [0.05, 0.1) is 6.20 Å². The highest BCUT2D eigenvalue weighted by Gasteiger charge is 2.14. The maximum absolute atomic E-state index is 13.8. The number of nitrogens with one attached hydrogen (secondary N) is 2. The maximum Gasteiger partial charge on any atom is 0.257 e. The summed E-state index contributed by atoms with van der Waals surface area (Å²) in [5.74, 6) is -0.0426. The van der Waals surface area contributed by atoms with Gasteiger partial charge in [-0.1, -0.05) is 31.2 Å². The van der Waals surface area contributed by atoms with Crippen molar-refractivity contribution in [1.29, 1.82) is 0 Å². The van der Waals surface area contributed by atoms with Gasteiger partial charge >= 0.3 is 0 Å². The van der Waals surface area contributed by atoms with E-state index in [0.717, 1.165) is 12.0 Å². The molecule has 3 aromatic rings. The van der Waals surface area contributed by atoms with E-state index in [1.54, 1.807) is 30.5 Å². The molecule has 4 nitrogen and oxygen atoms in total. The Morgan fingerprint density at radius 2 is 2.00 bits per heavy atom. The molecule has 1 heterocycles. The molecule has 3 rings (SSSR count). The third kappa shape index (κ3) is 2.38. The van der Waals surface area contributed by atoms with Gasteiger partial charge in [0, 0.05) is 16.5 Å². The Balaban J connectivity index is 2.01. The molecule has 0 aliphatic heterocycles. The molecule has 0 aliphatic rings. The normalized spacial score (nSPS) is 10.8. The van der Waals surface area contributed by atoms with Crippen molar-refractivity contribution in [2.24, 2.45) is 0 Å². The number of halogens is 1. The molecule has 0 fully saturated rings. The van der Waals surface area contributed by atoms with Crippen molar-refractivity contribution in [3.8, 4) is 0 Å². The molecule has 0 unspecified atom stereocenters. The Morgan fingerprint density at radius 3 is 2.76 bits per heavy atom. The van der Waals surface area contributed by atoms with Crippen LogP contribution in [0.3, 0.4) is 0 Å². The standard InChI is InChI=1S/C16H14FN3O/c1-2-10-9-18-20-15(10)19-16(21)13-7-8-14(17)12-6-4-3-5-11(12)13/h3-9H,2H2,1H3,(H2,18,19,20,21). The molecular formula is C16H14FN3O. The lowest BCUT2D eigenvalue weighted by Crippen LogP contribution is -2.14. The fraction of sp³-hybridized carbons (Fsp3) is 0.125. The van der Waals surface area contributed by atoms with Gasteiger partial charge in [0.1, 0.15) is 11.6 Å².